The smallest absolute Gasteiger partial charge is 0.347 e. The maximum Gasteiger partial charge on any atom is 0.347 e. The Morgan fingerprint density at radius 3 is 2.81 bits per heavy atom. The van der Waals surface area contributed by atoms with Crippen molar-refractivity contribution >= 4 is 28.9 Å². The van der Waals surface area contributed by atoms with Crippen molar-refractivity contribution in [2.45, 2.75) is 13.5 Å². The first-order valence-electron chi connectivity index (χ1n) is 5.69. The van der Waals surface area contributed by atoms with Gasteiger partial charge in [0.15, 0.2) is 0 Å². The van der Waals surface area contributed by atoms with Crippen LogP contribution in [0.5, 0.6) is 0 Å². The topological polar surface area (TPSA) is 138 Å². The average Bonchev–Trinajstić information content (AvgIpc) is 3.02. The third-order valence-corrected chi connectivity index (χ3v) is 3.70. The number of aromatic nitrogens is 2. The number of hydrogen-bond donors (Lipinski definition) is 3. The van der Waals surface area contributed by atoms with Gasteiger partial charge in [0, 0.05) is 6.07 Å². The Bertz CT molecular complexity index is 720. The monoisotopic (exact) mass is 310 g/mol. The van der Waals surface area contributed by atoms with Crippen LogP contribution >= 0.6 is 11.3 Å². The lowest BCUT2D eigenvalue weighted by Gasteiger charge is -1.99. The number of rotatable bonds is 5. The zero-order valence-corrected chi connectivity index (χ0v) is 11.6. The van der Waals surface area contributed by atoms with Crippen molar-refractivity contribution in [2.75, 3.05) is 0 Å². The zero-order valence-electron chi connectivity index (χ0n) is 10.7. The number of carbonyl (C=O) groups is 2. The number of nitrogens with zero attached hydrogens (tertiary/aromatic N) is 2. The number of hydrogen-bond acceptors (Lipinski definition) is 6. The molecule has 0 radical (unpaired) electrons. The van der Waals surface area contributed by atoms with Gasteiger partial charge in [0.05, 0.1) is 23.4 Å². The molecule has 0 atom stereocenters. The summed E-state index contributed by atoms with van der Waals surface area (Å²) in [5.74, 6) is -1.60. The lowest BCUT2D eigenvalue weighted by atomic mass is 10.4. The molecule has 10 heteroatoms. The van der Waals surface area contributed by atoms with E-state index in [1.54, 1.807) is 6.92 Å². The maximum atomic E-state index is 11.8. The van der Waals surface area contributed by atoms with E-state index in [4.69, 9.17) is 5.11 Å². The van der Waals surface area contributed by atoms with Crippen molar-refractivity contribution in [3.05, 3.63) is 43.7 Å². The lowest BCUT2D eigenvalue weighted by Crippen LogP contribution is -2.22. The molecule has 110 valence electrons. The predicted molar refractivity (Wildman–Crippen MR) is 72.4 cm³/mol. The molecule has 0 saturated heterocycles. The maximum absolute atomic E-state index is 11.8. The summed E-state index contributed by atoms with van der Waals surface area (Å²) in [6, 6.07) is 1.12. The predicted octanol–water partition coefficient (Wildman–Crippen LogP) is 1.32. The van der Waals surface area contributed by atoms with E-state index in [9.17, 15) is 19.7 Å². The summed E-state index contributed by atoms with van der Waals surface area (Å²) in [7, 11) is 0. The number of carboxylic acid groups (broad SMARTS) is 1. The minimum absolute atomic E-state index is 0.0461. The van der Waals surface area contributed by atoms with Crippen molar-refractivity contribution in [3.63, 3.8) is 0 Å². The molecule has 2 aromatic rings. The third kappa shape index (κ3) is 3.23. The van der Waals surface area contributed by atoms with Gasteiger partial charge in [0.25, 0.3) is 11.6 Å². The van der Waals surface area contributed by atoms with E-state index < -0.39 is 16.8 Å². The molecule has 3 N–H and O–H groups in total. The molecule has 2 heterocycles. The van der Waals surface area contributed by atoms with Crippen molar-refractivity contribution in [1.29, 1.82) is 0 Å². The largest absolute Gasteiger partial charge is 0.477 e. The second-order valence-corrected chi connectivity index (χ2v) is 5.12. The minimum atomic E-state index is -1.07. The Labute approximate surface area is 121 Å². The highest BCUT2D eigenvalue weighted by atomic mass is 32.1. The Balaban J connectivity index is 2.02. The molecule has 0 spiro atoms. The molecule has 0 aromatic carbocycles. The highest BCUT2D eigenvalue weighted by molar-refractivity contribution is 7.13. The van der Waals surface area contributed by atoms with Crippen LogP contribution in [0.4, 0.5) is 5.69 Å². The summed E-state index contributed by atoms with van der Waals surface area (Å²) in [6.07, 6.45) is 1.12. The first kappa shape index (κ1) is 14.7. The van der Waals surface area contributed by atoms with Gasteiger partial charge in [0.2, 0.25) is 0 Å². The molecule has 0 saturated carbocycles. The molecule has 9 nitrogen and oxygen atoms in total. The Morgan fingerprint density at radius 1 is 1.57 bits per heavy atom. The third-order valence-electron chi connectivity index (χ3n) is 2.56. The summed E-state index contributed by atoms with van der Waals surface area (Å²) in [6.45, 7) is 1.62. The number of aromatic carboxylic acids is 1. The van der Waals surface area contributed by atoms with Crippen LogP contribution in [0.15, 0.2) is 12.3 Å². The number of carbonyl (C=O) groups excluding carboxylic acids is 1. The van der Waals surface area contributed by atoms with Crippen LogP contribution in [-0.2, 0) is 6.54 Å². The number of nitrogens with one attached hydrogen (secondary N) is 2. The van der Waals surface area contributed by atoms with E-state index in [1.807, 2.05) is 0 Å². The molecule has 1 amide bonds. The molecule has 0 unspecified atom stereocenters. The van der Waals surface area contributed by atoms with Gasteiger partial charge in [-0.05, 0) is 6.92 Å². The molecule has 0 fully saturated rings. The summed E-state index contributed by atoms with van der Waals surface area (Å²) >= 11 is 0.971. The summed E-state index contributed by atoms with van der Waals surface area (Å²) in [5, 5.41) is 22.4. The van der Waals surface area contributed by atoms with Gasteiger partial charge in [0.1, 0.15) is 15.6 Å². The highest BCUT2D eigenvalue weighted by Gasteiger charge is 2.16. The SMILES string of the molecule is Cc1nc(CNC(=O)c2cc([N+](=O)[O-])c[nH]2)sc1C(=O)O. The van der Waals surface area contributed by atoms with Gasteiger partial charge in [-0.25, -0.2) is 9.78 Å². The van der Waals surface area contributed by atoms with Gasteiger partial charge in [-0.1, -0.05) is 0 Å². The average molecular weight is 310 g/mol. The van der Waals surface area contributed by atoms with Crippen LogP contribution in [0.2, 0.25) is 0 Å². The van der Waals surface area contributed by atoms with E-state index in [-0.39, 0.29) is 22.8 Å². The number of aromatic amines is 1. The first-order valence-corrected chi connectivity index (χ1v) is 6.50. The van der Waals surface area contributed by atoms with E-state index in [2.05, 4.69) is 15.3 Å². The number of amides is 1. The lowest BCUT2D eigenvalue weighted by molar-refractivity contribution is -0.384. The van der Waals surface area contributed by atoms with Gasteiger partial charge in [-0.2, -0.15) is 0 Å². The zero-order chi connectivity index (χ0) is 15.6. The highest BCUT2D eigenvalue weighted by Crippen LogP contribution is 2.18. The van der Waals surface area contributed by atoms with Crippen LogP contribution in [0.3, 0.4) is 0 Å². The van der Waals surface area contributed by atoms with Gasteiger partial charge in [-0.3, -0.25) is 14.9 Å². The van der Waals surface area contributed by atoms with Crippen LogP contribution in [0, 0.1) is 17.0 Å². The van der Waals surface area contributed by atoms with Gasteiger partial charge < -0.3 is 15.4 Å². The van der Waals surface area contributed by atoms with Crippen molar-refractivity contribution in [1.82, 2.24) is 15.3 Å². The van der Waals surface area contributed by atoms with Crippen molar-refractivity contribution in [2.24, 2.45) is 0 Å². The number of H-pyrrole nitrogens is 1. The summed E-state index contributed by atoms with van der Waals surface area (Å²) in [5.41, 5.74) is 0.221. The summed E-state index contributed by atoms with van der Waals surface area (Å²) in [4.78, 5) is 39.2. The molecule has 0 aliphatic heterocycles. The fourth-order valence-corrected chi connectivity index (χ4v) is 2.44. The van der Waals surface area contributed by atoms with Gasteiger partial charge >= 0.3 is 5.97 Å². The van der Waals surface area contributed by atoms with E-state index in [0.717, 1.165) is 23.6 Å². The minimum Gasteiger partial charge on any atom is -0.477 e. The van der Waals surface area contributed by atoms with Crippen LogP contribution in [0.1, 0.15) is 30.9 Å². The summed E-state index contributed by atoms with van der Waals surface area (Å²) < 4.78 is 0. The Hall–Kier alpha value is -2.75. The quantitative estimate of drug-likeness (QED) is 0.562. The number of thiazole rings is 1. The molecule has 0 aliphatic rings. The fourth-order valence-electron chi connectivity index (χ4n) is 1.60. The fraction of sp³-hybridized carbons (Fsp3) is 0.182. The number of nitro groups is 1. The van der Waals surface area contributed by atoms with Crippen molar-refractivity contribution < 1.29 is 19.6 Å². The molecule has 0 aliphatic carbocycles. The normalized spacial score (nSPS) is 10.3. The number of carboxylic acids is 1. The van der Waals surface area contributed by atoms with Crippen LogP contribution in [-0.4, -0.2) is 31.9 Å². The second-order valence-electron chi connectivity index (χ2n) is 4.04. The van der Waals surface area contributed by atoms with Gasteiger partial charge in [-0.15, -0.1) is 11.3 Å². The Kier molecular flexibility index (Phi) is 3.98. The van der Waals surface area contributed by atoms with Crippen LogP contribution in [0.25, 0.3) is 0 Å². The molecular formula is C11H10N4O5S. The second kappa shape index (κ2) is 5.71. The Morgan fingerprint density at radius 2 is 2.29 bits per heavy atom. The van der Waals surface area contributed by atoms with Crippen LogP contribution < -0.4 is 5.32 Å². The standard InChI is InChI=1S/C11H10N4O5S/c1-5-9(11(17)18)21-8(14-5)4-13-10(16)7-2-6(3-12-7)15(19)20/h2-3,12H,4H2,1H3,(H,13,16)(H,17,18). The molecule has 2 rings (SSSR count). The first-order chi connectivity index (χ1) is 9.88. The van der Waals surface area contributed by atoms with E-state index in [1.165, 1.54) is 0 Å². The number of aryl methyl sites for hydroxylation is 1. The van der Waals surface area contributed by atoms with Crippen molar-refractivity contribution in [3.8, 4) is 0 Å². The molecule has 2 aromatic heterocycles. The van der Waals surface area contributed by atoms with E-state index in [0.29, 0.717) is 10.7 Å². The molecular weight excluding hydrogens is 300 g/mol. The molecule has 0 bridgehead atoms. The molecule has 21 heavy (non-hydrogen) atoms. The van der Waals surface area contributed by atoms with E-state index >= 15 is 0 Å².